The molecule has 6 nitrogen and oxygen atoms in total. The number of carbonyl (C=O) groups excluding carboxylic acids is 2. The predicted molar refractivity (Wildman–Crippen MR) is 315 cm³/mol. The lowest BCUT2D eigenvalue weighted by Gasteiger charge is -2.22. The molecule has 0 heterocycles. The van der Waals surface area contributed by atoms with Crippen LogP contribution >= 0.6 is 0 Å². The maximum atomic E-state index is 12.5. The summed E-state index contributed by atoms with van der Waals surface area (Å²) in [4.78, 5) is 24.6. The van der Waals surface area contributed by atoms with Gasteiger partial charge in [-0.05, 0) is 25.7 Å². The normalized spacial score (nSPS) is 12.4. The number of carbonyl (C=O) groups is 2. The van der Waals surface area contributed by atoms with E-state index in [1.54, 1.807) is 0 Å². The Labute approximate surface area is 451 Å². The third-order valence-electron chi connectivity index (χ3n) is 15.9. The molecule has 0 radical (unpaired) electrons. The molecule has 0 aromatic heterocycles. The van der Waals surface area contributed by atoms with Crippen LogP contribution in [-0.4, -0.2) is 47.4 Å². The first-order chi connectivity index (χ1) is 35.5. The van der Waals surface area contributed by atoms with Crippen molar-refractivity contribution in [1.82, 2.24) is 5.32 Å². The first kappa shape index (κ1) is 70.9. The van der Waals surface area contributed by atoms with Crippen LogP contribution in [-0.2, 0) is 14.3 Å². The Morgan fingerprint density at radius 1 is 0.333 bits per heavy atom. The van der Waals surface area contributed by atoms with E-state index in [1.165, 1.54) is 315 Å². The molecule has 0 rings (SSSR count). The Bertz CT molecular complexity index is 1040. The Morgan fingerprint density at radius 2 is 0.569 bits per heavy atom. The third-order valence-corrected chi connectivity index (χ3v) is 15.9. The molecule has 0 saturated heterocycles. The van der Waals surface area contributed by atoms with Gasteiger partial charge in [-0.1, -0.05) is 348 Å². The minimum atomic E-state index is -0.667. The van der Waals surface area contributed by atoms with Crippen LogP contribution in [0.25, 0.3) is 0 Å². The van der Waals surface area contributed by atoms with Crippen LogP contribution in [0.4, 0.5) is 0 Å². The van der Waals surface area contributed by atoms with Crippen molar-refractivity contribution in [3.05, 3.63) is 0 Å². The van der Waals surface area contributed by atoms with Crippen LogP contribution in [0, 0.1) is 0 Å². The van der Waals surface area contributed by atoms with Gasteiger partial charge in [-0.25, -0.2) is 0 Å². The lowest BCUT2D eigenvalue weighted by atomic mass is 10.0. The third kappa shape index (κ3) is 58.1. The molecule has 6 heteroatoms. The lowest BCUT2D eigenvalue weighted by Crippen LogP contribution is -2.45. The van der Waals surface area contributed by atoms with E-state index in [1.807, 2.05) is 0 Å². The Hall–Kier alpha value is -1.14. The molecule has 0 aliphatic rings. The molecule has 3 N–H and O–H groups in total. The molecule has 0 aliphatic carbocycles. The van der Waals surface area contributed by atoms with Gasteiger partial charge in [0.25, 0.3) is 0 Å². The standard InChI is InChI=1S/C66H131NO5/c1-3-5-7-9-11-13-15-17-18-19-20-21-22-23-24-25-26-29-32-35-38-42-46-50-54-58-64(69)63(62-68)67-65(70)59-55-51-47-43-39-36-33-30-27-28-31-34-37-41-45-49-53-57-61-72-66(71)60-56-52-48-44-40-16-14-12-10-8-6-4-2/h63-64,68-69H,3-62H2,1-2H3,(H,67,70). The van der Waals surface area contributed by atoms with Crippen LogP contribution in [0.5, 0.6) is 0 Å². The minimum Gasteiger partial charge on any atom is -0.466 e. The lowest BCUT2D eigenvalue weighted by molar-refractivity contribution is -0.143. The zero-order chi connectivity index (χ0) is 52.2. The van der Waals surface area contributed by atoms with Crippen molar-refractivity contribution in [2.24, 2.45) is 0 Å². The summed E-state index contributed by atoms with van der Waals surface area (Å²) < 4.78 is 5.48. The molecule has 1 amide bonds. The molecule has 0 fully saturated rings. The Kier molecular flexibility index (Phi) is 61.4. The number of amides is 1. The number of aliphatic hydroxyl groups excluding tert-OH is 2. The fourth-order valence-corrected chi connectivity index (χ4v) is 10.8. The highest BCUT2D eigenvalue weighted by molar-refractivity contribution is 5.76. The SMILES string of the molecule is CCCCCCCCCCCCCCCCCCCCCCCCCCCC(O)C(CO)NC(=O)CCCCCCCCCCCCCCCCCCCCOC(=O)CCCCCCCCCCCCCC. The number of hydrogen-bond acceptors (Lipinski definition) is 5. The summed E-state index contributed by atoms with van der Waals surface area (Å²) in [6, 6.07) is -0.545. The van der Waals surface area contributed by atoms with E-state index in [0.717, 1.165) is 38.5 Å². The van der Waals surface area contributed by atoms with E-state index in [4.69, 9.17) is 4.74 Å². The number of aliphatic hydroxyl groups is 2. The van der Waals surface area contributed by atoms with Crippen molar-refractivity contribution in [2.75, 3.05) is 13.2 Å². The first-order valence-electron chi connectivity index (χ1n) is 33.3. The van der Waals surface area contributed by atoms with Crippen molar-refractivity contribution >= 4 is 11.9 Å². The molecular weight excluding hydrogens is 887 g/mol. The monoisotopic (exact) mass is 1020 g/mol. The number of esters is 1. The topological polar surface area (TPSA) is 95.9 Å². The number of unbranched alkanes of at least 4 members (excludes halogenated alkanes) is 52. The van der Waals surface area contributed by atoms with Crippen molar-refractivity contribution in [1.29, 1.82) is 0 Å². The van der Waals surface area contributed by atoms with Crippen LogP contribution in [0.2, 0.25) is 0 Å². The van der Waals surface area contributed by atoms with Gasteiger partial charge in [-0.2, -0.15) is 0 Å². The highest BCUT2D eigenvalue weighted by atomic mass is 16.5. The van der Waals surface area contributed by atoms with Gasteiger partial charge in [0, 0.05) is 12.8 Å². The second kappa shape index (κ2) is 62.4. The van der Waals surface area contributed by atoms with Crippen LogP contribution in [0.1, 0.15) is 386 Å². The first-order valence-corrected chi connectivity index (χ1v) is 33.3. The molecule has 0 saturated carbocycles. The smallest absolute Gasteiger partial charge is 0.305 e. The zero-order valence-corrected chi connectivity index (χ0v) is 49.2. The van der Waals surface area contributed by atoms with Crippen LogP contribution in [0.15, 0.2) is 0 Å². The van der Waals surface area contributed by atoms with E-state index in [-0.39, 0.29) is 18.5 Å². The molecule has 430 valence electrons. The molecule has 0 aliphatic heterocycles. The Balaban J connectivity index is 3.39. The molecule has 0 spiro atoms. The van der Waals surface area contributed by atoms with Gasteiger partial charge < -0.3 is 20.3 Å². The zero-order valence-electron chi connectivity index (χ0n) is 49.2. The van der Waals surface area contributed by atoms with E-state index < -0.39 is 12.1 Å². The maximum absolute atomic E-state index is 12.5. The number of rotatable bonds is 63. The molecular formula is C66H131NO5. The van der Waals surface area contributed by atoms with E-state index in [2.05, 4.69) is 19.2 Å². The van der Waals surface area contributed by atoms with E-state index >= 15 is 0 Å². The van der Waals surface area contributed by atoms with E-state index in [0.29, 0.717) is 25.9 Å². The fourth-order valence-electron chi connectivity index (χ4n) is 10.8. The highest BCUT2D eigenvalue weighted by Gasteiger charge is 2.20. The summed E-state index contributed by atoms with van der Waals surface area (Å²) in [6.07, 6.45) is 74.1. The predicted octanol–water partition coefficient (Wildman–Crippen LogP) is 21.0. The second-order valence-electron chi connectivity index (χ2n) is 23.2. The van der Waals surface area contributed by atoms with Crippen molar-refractivity contribution < 1.29 is 24.5 Å². The van der Waals surface area contributed by atoms with Crippen LogP contribution in [0.3, 0.4) is 0 Å². The number of hydrogen-bond donors (Lipinski definition) is 3. The van der Waals surface area contributed by atoms with Crippen molar-refractivity contribution in [3.8, 4) is 0 Å². The van der Waals surface area contributed by atoms with Gasteiger partial charge >= 0.3 is 5.97 Å². The van der Waals surface area contributed by atoms with E-state index in [9.17, 15) is 19.8 Å². The molecule has 2 atom stereocenters. The summed E-state index contributed by atoms with van der Waals surface area (Å²) in [7, 11) is 0. The average Bonchev–Trinajstić information content (AvgIpc) is 3.38. The minimum absolute atomic E-state index is 0.00961. The summed E-state index contributed by atoms with van der Waals surface area (Å²) in [5.41, 5.74) is 0. The summed E-state index contributed by atoms with van der Waals surface area (Å²) >= 11 is 0. The summed E-state index contributed by atoms with van der Waals surface area (Å²) in [6.45, 7) is 4.99. The van der Waals surface area contributed by atoms with Gasteiger partial charge in [0.1, 0.15) is 0 Å². The summed E-state index contributed by atoms with van der Waals surface area (Å²) in [5.74, 6) is -0.0237. The molecule has 0 bridgehead atoms. The summed E-state index contributed by atoms with van der Waals surface area (Å²) in [5, 5.41) is 23.4. The van der Waals surface area contributed by atoms with Gasteiger partial charge in [0.15, 0.2) is 0 Å². The van der Waals surface area contributed by atoms with Crippen molar-refractivity contribution in [3.63, 3.8) is 0 Å². The maximum Gasteiger partial charge on any atom is 0.305 e. The molecule has 72 heavy (non-hydrogen) atoms. The number of ether oxygens (including phenoxy) is 1. The fraction of sp³-hybridized carbons (Fsp3) is 0.970. The molecule has 2 unspecified atom stereocenters. The largest absolute Gasteiger partial charge is 0.466 e. The second-order valence-corrected chi connectivity index (χ2v) is 23.2. The quantitative estimate of drug-likeness (QED) is 0.0417. The molecule has 0 aromatic carbocycles. The Morgan fingerprint density at radius 3 is 0.847 bits per heavy atom. The van der Waals surface area contributed by atoms with Gasteiger partial charge in [0.2, 0.25) is 5.91 Å². The van der Waals surface area contributed by atoms with Gasteiger partial charge in [-0.15, -0.1) is 0 Å². The molecule has 0 aromatic rings. The van der Waals surface area contributed by atoms with Gasteiger partial charge in [0.05, 0.1) is 25.4 Å². The van der Waals surface area contributed by atoms with Crippen molar-refractivity contribution in [2.45, 2.75) is 398 Å². The van der Waals surface area contributed by atoms with Crippen LogP contribution < -0.4 is 5.32 Å². The van der Waals surface area contributed by atoms with Gasteiger partial charge in [-0.3, -0.25) is 9.59 Å². The average molecular weight is 1020 g/mol. The number of nitrogens with one attached hydrogen (secondary N) is 1. The highest BCUT2D eigenvalue weighted by Crippen LogP contribution is 2.19.